The number of carboxylic acids is 1. The van der Waals surface area contributed by atoms with Gasteiger partial charge in [-0.05, 0) is 41.7 Å². The molecule has 1 amide bonds. The van der Waals surface area contributed by atoms with Crippen molar-refractivity contribution >= 4 is 12.1 Å². The minimum Gasteiger partial charge on any atom is -0.494 e. The van der Waals surface area contributed by atoms with Crippen LogP contribution in [0.3, 0.4) is 0 Å². The van der Waals surface area contributed by atoms with Crippen LogP contribution in [-0.2, 0) is 16.0 Å². The van der Waals surface area contributed by atoms with Gasteiger partial charge in [-0.3, -0.25) is 4.79 Å². The van der Waals surface area contributed by atoms with Gasteiger partial charge < -0.3 is 20.3 Å². The van der Waals surface area contributed by atoms with Crippen LogP contribution < -0.4 is 10.5 Å². The summed E-state index contributed by atoms with van der Waals surface area (Å²) >= 11 is 0. The van der Waals surface area contributed by atoms with Gasteiger partial charge in [-0.15, -0.1) is 0 Å². The molecule has 0 saturated heterocycles. The Morgan fingerprint density at radius 1 is 0.886 bits per heavy atom. The second-order valence-electron chi connectivity index (χ2n) is 9.46. The molecule has 0 fully saturated rings. The zero-order chi connectivity index (χ0) is 32.6. The van der Waals surface area contributed by atoms with Crippen molar-refractivity contribution in [3.63, 3.8) is 0 Å². The molecule has 3 rings (SSSR count). The molecular formula is C36H47N3O5. The van der Waals surface area contributed by atoms with Crippen molar-refractivity contribution < 1.29 is 24.2 Å². The summed E-state index contributed by atoms with van der Waals surface area (Å²) < 4.78 is 10.3. The highest BCUT2D eigenvalue weighted by Gasteiger charge is 2.05. The fourth-order valence-corrected chi connectivity index (χ4v) is 3.82. The summed E-state index contributed by atoms with van der Waals surface area (Å²) in [5.41, 5.74) is 9.41. The molecule has 0 saturated carbocycles. The Morgan fingerprint density at radius 2 is 1.50 bits per heavy atom. The van der Waals surface area contributed by atoms with Crippen molar-refractivity contribution in [2.75, 3.05) is 13.2 Å². The zero-order valence-corrected chi connectivity index (χ0v) is 26.3. The molecule has 0 aliphatic rings. The molecule has 2 aromatic carbocycles. The SMILES string of the molecule is C=C/C=C(\C=C)COC(N)=O.CC.CCCCCCCOc1ccc(-c2cnc(-c3ccc(CCC(=O)O)cc3)nc2)cc1. The van der Waals surface area contributed by atoms with Crippen LogP contribution in [0.15, 0.2) is 97.9 Å². The van der Waals surface area contributed by atoms with E-state index in [0.717, 1.165) is 46.6 Å². The summed E-state index contributed by atoms with van der Waals surface area (Å²) in [5, 5.41) is 8.79. The van der Waals surface area contributed by atoms with Gasteiger partial charge >= 0.3 is 12.1 Å². The highest BCUT2D eigenvalue weighted by molar-refractivity contribution is 5.67. The minimum atomic E-state index is -0.790. The van der Waals surface area contributed by atoms with Gasteiger partial charge in [0, 0.05) is 29.9 Å². The number of nitrogens with two attached hydrogens (primary N) is 1. The minimum absolute atomic E-state index is 0.132. The molecule has 0 aliphatic carbocycles. The van der Waals surface area contributed by atoms with Gasteiger partial charge in [-0.1, -0.05) is 114 Å². The molecule has 0 aliphatic heterocycles. The smallest absolute Gasteiger partial charge is 0.404 e. The third kappa shape index (κ3) is 15.5. The topological polar surface area (TPSA) is 125 Å². The van der Waals surface area contributed by atoms with Crippen molar-refractivity contribution in [3.05, 3.63) is 103 Å². The van der Waals surface area contributed by atoms with E-state index in [1.165, 1.54) is 25.7 Å². The van der Waals surface area contributed by atoms with Crippen molar-refractivity contribution in [1.82, 2.24) is 9.97 Å². The second-order valence-corrected chi connectivity index (χ2v) is 9.46. The first-order chi connectivity index (χ1) is 21.4. The molecule has 0 bridgehead atoms. The van der Waals surface area contributed by atoms with Crippen molar-refractivity contribution in [2.45, 2.75) is 65.7 Å². The third-order valence-electron chi connectivity index (χ3n) is 6.17. The lowest BCUT2D eigenvalue weighted by molar-refractivity contribution is -0.136. The van der Waals surface area contributed by atoms with Crippen molar-refractivity contribution in [3.8, 4) is 28.3 Å². The molecule has 3 aromatic rings. The number of ether oxygens (including phenoxy) is 2. The standard InChI is InChI=1S/C26H30N2O3.C8H11NO2.C2H6/c1-2-3-4-5-6-17-31-24-14-12-21(13-15-24)23-18-27-26(28-19-23)22-10-7-20(8-11-22)9-16-25(29)30;1-3-5-7(4-2)6-11-8(9)10;1-2/h7-8,10-15,18-19H,2-6,9,16-17H2,1H3,(H,29,30);3-5H,1-2,6H2,(H2,9,10);1-2H3/b;7-5+;. The average molecular weight is 602 g/mol. The Morgan fingerprint density at radius 3 is 2.05 bits per heavy atom. The quantitative estimate of drug-likeness (QED) is 0.124. The van der Waals surface area contributed by atoms with Gasteiger partial charge in [0.15, 0.2) is 5.82 Å². The van der Waals surface area contributed by atoms with Gasteiger partial charge in [-0.25, -0.2) is 14.8 Å². The highest BCUT2D eigenvalue weighted by Crippen LogP contribution is 2.23. The highest BCUT2D eigenvalue weighted by atomic mass is 16.5. The number of aryl methyl sites for hydroxylation is 1. The summed E-state index contributed by atoms with van der Waals surface area (Å²) in [5.74, 6) is 0.751. The lowest BCUT2D eigenvalue weighted by Gasteiger charge is -2.08. The number of allylic oxidation sites excluding steroid dienone is 2. The van der Waals surface area contributed by atoms with Crippen LogP contribution in [-0.4, -0.2) is 40.4 Å². The summed E-state index contributed by atoms with van der Waals surface area (Å²) in [7, 11) is 0. The van der Waals surface area contributed by atoms with E-state index in [1.807, 2.05) is 74.8 Å². The molecule has 1 aromatic heterocycles. The number of aliphatic carboxylic acids is 1. The maximum Gasteiger partial charge on any atom is 0.404 e. The Bertz CT molecular complexity index is 1280. The van der Waals surface area contributed by atoms with E-state index in [1.54, 1.807) is 18.2 Å². The third-order valence-corrected chi connectivity index (χ3v) is 6.17. The number of carboxylic acid groups (broad SMARTS) is 1. The Hall–Kier alpha value is -4.72. The lowest BCUT2D eigenvalue weighted by Crippen LogP contribution is -2.14. The van der Waals surface area contributed by atoms with Crippen molar-refractivity contribution in [1.29, 1.82) is 0 Å². The summed E-state index contributed by atoms with van der Waals surface area (Å²) in [6.07, 6.45) is 14.5. The molecule has 1 heterocycles. The second kappa shape index (κ2) is 22.8. The first-order valence-electron chi connectivity index (χ1n) is 15.1. The van der Waals surface area contributed by atoms with Gasteiger partial charge in [0.05, 0.1) is 6.61 Å². The lowest BCUT2D eigenvalue weighted by atomic mass is 10.1. The number of carbonyl (C=O) groups is 2. The number of benzene rings is 2. The molecule has 0 radical (unpaired) electrons. The Kier molecular flexibility index (Phi) is 19.4. The monoisotopic (exact) mass is 601 g/mol. The molecular weight excluding hydrogens is 554 g/mol. The predicted molar refractivity (Wildman–Crippen MR) is 178 cm³/mol. The summed E-state index contributed by atoms with van der Waals surface area (Å²) in [6.45, 7) is 14.1. The number of rotatable bonds is 16. The van der Waals surface area contributed by atoms with Crippen LogP contribution in [0.1, 0.15) is 64.9 Å². The maximum atomic E-state index is 10.7. The normalized spacial score (nSPS) is 10.3. The van der Waals surface area contributed by atoms with Crippen LogP contribution in [0.5, 0.6) is 5.75 Å². The number of nitrogens with zero attached hydrogens (tertiary/aromatic N) is 2. The molecule has 0 spiro atoms. The van der Waals surface area contributed by atoms with Crippen LogP contribution in [0.2, 0.25) is 0 Å². The van der Waals surface area contributed by atoms with E-state index >= 15 is 0 Å². The Labute approximate surface area is 262 Å². The van der Waals surface area contributed by atoms with E-state index in [2.05, 4.69) is 34.8 Å². The first-order valence-corrected chi connectivity index (χ1v) is 15.1. The number of unbranched alkanes of at least 4 members (excludes halogenated alkanes) is 4. The Balaban J connectivity index is 0.000000630. The fourth-order valence-electron chi connectivity index (χ4n) is 3.82. The van der Waals surface area contributed by atoms with Crippen molar-refractivity contribution in [2.24, 2.45) is 5.73 Å². The van der Waals surface area contributed by atoms with Crippen LogP contribution in [0.25, 0.3) is 22.5 Å². The number of aromatic nitrogens is 2. The largest absolute Gasteiger partial charge is 0.494 e. The predicted octanol–water partition coefficient (Wildman–Crippen LogP) is 8.58. The van der Waals surface area contributed by atoms with E-state index in [9.17, 15) is 9.59 Å². The molecule has 236 valence electrons. The molecule has 8 heteroatoms. The van der Waals surface area contributed by atoms with E-state index < -0.39 is 12.1 Å². The number of carbonyl (C=O) groups excluding carboxylic acids is 1. The molecule has 0 atom stereocenters. The van der Waals surface area contributed by atoms with Gasteiger partial charge in [0.1, 0.15) is 12.4 Å². The molecule has 0 unspecified atom stereocenters. The van der Waals surface area contributed by atoms with Crippen LogP contribution in [0, 0.1) is 0 Å². The zero-order valence-electron chi connectivity index (χ0n) is 26.3. The van der Waals surface area contributed by atoms with Gasteiger partial charge in [-0.2, -0.15) is 0 Å². The van der Waals surface area contributed by atoms with Gasteiger partial charge in [0.2, 0.25) is 0 Å². The van der Waals surface area contributed by atoms with Gasteiger partial charge in [0.25, 0.3) is 0 Å². The number of primary amides is 1. The number of hydrogen-bond acceptors (Lipinski definition) is 6. The summed E-state index contributed by atoms with van der Waals surface area (Å²) in [4.78, 5) is 29.8. The maximum absolute atomic E-state index is 10.7. The van der Waals surface area contributed by atoms with Crippen LogP contribution >= 0.6 is 0 Å². The molecule has 44 heavy (non-hydrogen) atoms. The average Bonchev–Trinajstić information content (AvgIpc) is 3.05. The first kappa shape index (κ1) is 37.3. The van der Waals surface area contributed by atoms with E-state index in [0.29, 0.717) is 12.2 Å². The van der Waals surface area contributed by atoms with Crippen LogP contribution in [0.4, 0.5) is 4.79 Å². The van der Waals surface area contributed by atoms with E-state index in [-0.39, 0.29) is 13.0 Å². The molecule has 8 nitrogen and oxygen atoms in total. The molecule has 3 N–H and O–H groups in total. The number of amides is 1. The van der Waals surface area contributed by atoms with E-state index in [4.69, 9.17) is 15.6 Å². The fraction of sp³-hybridized carbons (Fsp3) is 0.333. The number of hydrogen-bond donors (Lipinski definition) is 2. The summed E-state index contributed by atoms with van der Waals surface area (Å²) in [6, 6.07) is 15.8.